The fourth-order valence-corrected chi connectivity index (χ4v) is 0.131. The standard InChI is InChI=1S/C3H5B2N/c1-5(6)3-2-4/h6H2,1H3. The predicted octanol–water partition coefficient (Wildman–Crippen LogP) is -0.765. The highest BCUT2D eigenvalue weighted by Gasteiger charge is 1.85. The third-order valence-electron chi connectivity index (χ3n) is 0.311. The molecule has 2 N–H and O–H groups in total. The summed E-state index contributed by atoms with van der Waals surface area (Å²) < 4.78 is 0. The zero-order chi connectivity index (χ0) is 4.99. The predicted molar refractivity (Wildman–Crippen MR) is 29.3 cm³/mol. The zero-order valence-corrected chi connectivity index (χ0v) is 3.73. The van der Waals surface area contributed by atoms with Crippen molar-refractivity contribution in [1.29, 1.82) is 0 Å². The maximum Gasteiger partial charge on any atom is 0.301 e. The minimum absolute atomic E-state index is 0.0880. The van der Waals surface area contributed by atoms with Gasteiger partial charge in [0, 0.05) is 0 Å². The first-order valence-corrected chi connectivity index (χ1v) is 1.74. The Hall–Kier alpha value is -0.350. The van der Waals surface area contributed by atoms with E-state index in [2.05, 4.69) is 11.6 Å². The summed E-state index contributed by atoms with van der Waals surface area (Å²) in [5, 5.41) is 0. The van der Waals surface area contributed by atoms with Gasteiger partial charge < -0.3 is 5.64 Å². The van der Waals surface area contributed by atoms with Crippen molar-refractivity contribution >= 4 is 14.7 Å². The molecule has 0 bridgehead atoms. The van der Waals surface area contributed by atoms with Crippen LogP contribution in [0, 0.1) is 11.6 Å². The molecule has 0 heterocycles. The molecule has 0 aromatic rings. The van der Waals surface area contributed by atoms with Crippen LogP contribution in [0.15, 0.2) is 0 Å². The van der Waals surface area contributed by atoms with Crippen molar-refractivity contribution in [2.24, 2.45) is 5.64 Å². The second-order valence-electron chi connectivity index (χ2n) is 1.08. The Morgan fingerprint density at radius 2 is 2.33 bits per heavy atom. The molecule has 6 heavy (non-hydrogen) atoms. The van der Waals surface area contributed by atoms with Gasteiger partial charge >= 0.3 is 6.85 Å². The monoisotopic (exact) mass is 77.1 g/mol. The van der Waals surface area contributed by atoms with E-state index in [0.29, 0.717) is 0 Å². The molecular formula is C3H5B2N. The molecule has 2 radical (unpaired) electrons. The van der Waals surface area contributed by atoms with Crippen LogP contribution in [0.1, 0.15) is 0 Å². The van der Waals surface area contributed by atoms with Crippen LogP contribution >= 0.6 is 0 Å². The van der Waals surface area contributed by atoms with Crippen molar-refractivity contribution in [1.82, 2.24) is 0 Å². The fraction of sp³-hybridized carbons (Fsp3) is 0.333. The van der Waals surface area contributed by atoms with Gasteiger partial charge in [-0.05, 0) is 0 Å². The van der Waals surface area contributed by atoms with Crippen LogP contribution in [0.5, 0.6) is 0 Å². The molecule has 0 spiro atoms. The van der Waals surface area contributed by atoms with E-state index in [-0.39, 0.29) is 6.85 Å². The first-order valence-electron chi connectivity index (χ1n) is 1.74. The van der Waals surface area contributed by atoms with Crippen LogP contribution in [-0.2, 0) is 0 Å². The second-order valence-corrected chi connectivity index (χ2v) is 1.08. The Balaban J connectivity index is 3.20. The summed E-state index contributed by atoms with van der Waals surface area (Å²) in [4.78, 5) is 0. The zero-order valence-electron chi connectivity index (χ0n) is 3.73. The number of nitrogens with two attached hydrogens (primary N) is 1. The maximum absolute atomic E-state index is 5.15. The van der Waals surface area contributed by atoms with E-state index < -0.39 is 0 Å². The van der Waals surface area contributed by atoms with Gasteiger partial charge in [0.2, 0.25) is 0 Å². The molecule has 0 fully saturated rings. The normalized spacial score (nSPS) is 5.67. The quantitative estimate of drug-likeness (QED) is 0.298. The van der Waals surface area contributed by atoms with Crippen molar-refractivity contribution in [3.8, 4) is 11.6 Å². The molecule has 0 aromatic heterocycles. The lowest BCUT2D eigenvalue weighted by Gasteiger charge is -1.76. The van der Waals surface area contributed by atoms with Crippen molar-refractivity contribution in [3.63, 3.8) is 0 Å². The smallest absolute Gasteiger partial charge is 0.301 e. The molecule has 0 unspecified atom stereocenters. The van der Waals surface area contributed by atoms with Crippen LogP contribution in [0.4, 0.5) is 0 Å². The number of hydrogen-bond acceptors (Lipinski definition) is 1. The molecule has 0 aromatic carbocycles. The molecule has 0 aliphatic rings. The largest absolute Gasteiger partial charge is 0.359 e. The van der Waals surface area contributed by atoms with Crippen molar-refractivity contribution in [2.75, 3.05) is 0 Å². The molecule has 0 saturated heterocycles. The molecular weight excluding hydrogens is 71.7 g/mol. The topological polar surface area (TPSA) is 26.0 Å². The molecule has 0 rings (SSSR count). The maximum atomic E-state index is 5.15. The molecule has 1 nitrogen and oxygen atoms in total. The second kappa shape index (κ2) is 2.86. The third kappa shape index (κ3) is 3.65. The first-order chi connectivity index (χ1) is 2.77. The summed E-state index contributed by atoms with van der Waals surface area (Å²) in [6.07, 6.45) is 0. The average Bonchev–Trinajstić information content (AvgIpc) is 1.35. The van der Waals surface area contributed by atoms with E-state index in [9.17, 15) is 0 Å². The van der Waals surface area contributed by atoms with E-state index in [1.54, 1.807) is 6.82 Å². The Kier molecular flexibility index (Phi) is 2.70. The number of hydrogen-bond donors (Lipinski definition) is 1. The molecule has 3 heteroatoms. The van der Waals surface area contributed by atoms with Gasteiger partial charge in [-0.2, -0.15) is 5.82 Å². The van der Waals surface area contributed by atoms with Gasteiger partial charge in [-0.25, -0.2) is 0 Å². The molecule has 0 aliphatic heterocycles. The van der Waals surface area contributed by atoms with Crippen LogP contribution in [0.2, 0.25) is 6.82 Å². The summed E-state index contributed by atoms with van der Waals surface area (Å²) in [5.41, 5.74) is 5.15. The van der Waals surface area contributed by atoms with Crippen LogP contribution in [-0.4, -0.2) is 14.7 Å². The summed E-state index contributed by atoms with van der Waals surface area (Å²) in [6, 6.07) is 0. The Morgan fingerprint density at radius 1 is 1.83 bits per heavy atom. The van der Waals surface area contributed by atoms with Crippen molar-refractivity contribution < 1.29 is 0 Å². The van der Waals surface area contributed by atoms with Crippen LogP contribution < -0.4 is 5.64 Å². The summed E-state index contributed by atoms with van der Waals surface area (Å²) in [5.74, 6) is 4.71. The Bertz CT molecular complexity index is 78.5. The SMILES string of the molecule is [B]C#CB(C)N. The van der Waals surface area contributed by atoms with Crippen molar-refractivity contribution in [2.45, 2.75) is 6.82 Å². The summed E-state index contributed by atoms with van der Waals surface area (Å²) >= 11 is 0. The minimum atomic E-state index is -0.0880. The van der Waals surface area contributed by atoms with Crippen LogP contribution in [0.25, 0.3) is 0 Å². The summed E-state index contributed by atoms with van der Waals surface area (Å²) in [6.45, 7) is 1.69. The molecule has 0 saturated carbocycles. The highest BCUT2D eigenvalue weighted by atomic mass is 14.4. The minimum Gasteiger partial charge on any atom is -0.359 e. The van der Waals surface area contributed by atoms with Gasteiger partial charge in [-0.1, -0.05) is 6.82 Å². The fourth-order valence-electron chi connectivity index (χ4n) is 0.131. The molecule has 28 valence electrons. The lowest BCUT2D eigenvalue weighted by Crippen LogP contribution is -2.17. The molecule has 0 amide bonds. The van der Waals surface area contributed by atoms with E-state index in [4.69, 9.17) is 13.5 Å². The average molecular weight is 76.7 g/mol. The Morgan fingerprint density at radius 3 is 2.33 bits per heavy atom. The van der Waals surface area contributed by atoms with Gasteiger partial charge in [0.15, 0.2) is 7.85 Å². The highest BCUT2D eigenvalue weighted by Crippen LogP contribution is 1.56. The number of rotatable bonds is 0. The van der Waals surface area contributed by atoms with E-state index in [1.807, 2.05) is 0 Å². The lowest BCUT2D eigenvalue weighted by molar-refractivity contribution is 1.82. The van der Waals surface area contributed by atoms with Gasteiger partial charge in [0.25, 0.3) is 0 Å². The van der Waals surface area contributed by atoms with Gasteiger partial charge in [0.05, 0.1) is 0 Å². The van der Waals surface area contributed by atoms with E-state index in [1.165, 1.54) is 0 Å². The Labute approximate surface area is 39.8 Å². The van der Waals surface area contributed by atoms with Crippen molar-refractivity contribution in [3.05, 3.63) is 0 Å². The highest BCUT2D eigenvalue weighted by molar-refractivity contribution is 6.63. The summed E-state index contributed by atoms with van der Waals surface area (Å²) in [7, 11) is 4.79. The van der Waals surface area contributed by atoms with Gasteiger partial charge in [-0.15, -0.1) is 5.82 Å². The van der Waals surface area contributed by atoms with Crippen LogP contribution in [0.3, 0.4) is 0 Å². The third-order valence-corrected chi connectivity index (χ3v) is 0.311. The van der Waals surface area contributed by atoms with Gasteiger partial charge in [0.1, 0.15) is 0 Å². The van der Waals surface area contributed by atoms with E-state index in [0.717, 1.165) is 0 Å². The molecule has 0 aliphatic carbocycles. The first kappa shape index (κ1) is 5.65. The van der Waals surface area contributed by atoms with E-state index >= 15 is 0 Å². The lowest BCUT2D eigenvalue weighted by atomic mass is 9.68. The molecule has 0 atom stereocenters. The van der Waals surface area contributed by atoms with Gasteiger partial charge in [-0.3, -0.25) is 0 Å².